The smallest absolute Gasteiger partial charge is 0.407 e. The van der Waals surface area contributed by atoms with Crippen LogP contribution in [0, 0.1) is 11.8 Å². The summed E-state index contributed by atoms with van der Waals surface area (Å²) in [6.45, 7) is 12.8. The molecule has 154 valence electrons. The first kappa shape index (κ1) is 24.5. The minimum atomic E-state index is -0.382. The van der Waals surface area contributed by atoms with Crippen LogP contribution in [0.4, 0.5) is 4.79 Å². The van der Waals surface area contributed by atoms with Gasteiger partial charge in [-0.2, -0.15) is 0 Å². The fourth-order valence-electron chi connectivity index (χ4n) is 2.80. The third-order valence-corrected chi connectivity index (χ3v) is 3.96. The Labute approximate surface area is 159 Å². The Morgan fingerprint density at radius 3 is 2.42 bits per heavy atom. The highest BCUT2D eigenvalue weighted by Crippen LogP contribution is 2.11. The van der Waals surface area contributed by atoms with E-state index in [-0.39, 0.29) is 18.7 Å². The summed E-state index contributed by atoms with van der Waals surface area (Å²) in [6.07, 6.45) is 3.40. The van der Waals surface area contributed by atoms with Crippen molar-refractivity contribution in [2.24, 2.45) is 16.8 Å². The Morgan fingerprint density at radius 1 is 1.15 bits per heavy atom. The van der Waals surface area contributed by atoms with E-state index in [1.165, 1.54) is 0 Å². The van der Waals surface area contributed by atoms with Crippen LogP contribution in [0.25, 0.3) is 0 Å². The van der Waals surface area contributed by atoms with E-state index in [0.717, 1.165) is 38.2 Å². The van der Waals surface area contributed by atoms with Crippen LogP contribution in [-0.4, -0.2) is 56.0 Å². The lowest BCUT2D eigenvalue weighted by molar-refractivity contribution is 0.146. The van der Waals surface area contributed by atoms with Crippen LogP contribution in [0.15, 0.2) is 4.99 Å². The van der Waals surface area contributed by atoms with E-state index in [1.807, 2.05) is 6.92 Å². The van der Waals surface area contributed by atoms with Crippen molar-refractivity contribution in [1.29, 1.82) is 0 Å². The highest BCUT2D eigenvalue weighted by molar-refractivity contribution is 5.79. The maximum atomic E-state index is 11.7. The van der Waals surface area contributed by atoms with Crippen molar-refractivity contribution < 1.29 is 14.6 Å². The molecule has 7 heteroatoms. The van der Waals surface area contributed by atoms with E-state index in [0.29, 0.717) is 31.5 Å². The number of guanidine groups is 1. The van der Waals surface area contributed by atoms with Crippen LogP contribution in [-0.2, 0) is 4.74 Å². The second-order valence-electron chi connectivity index (χ2n) is 6.96. The third kappa shape index (κ3) is 12.8. The van der Waals surface area contributed by atoms with Gasteiger partial charge in [-0.05, 0) is 44.9 Å². The molecule has 2 unspecified atom stereocenters. The molecule has 0 aromatic heterocycles. The number of aliphatic imine (C=N–C) groups is 1. The number of hydrogen-bond donors (Lipinski definition) is 4. The average molecular weight is 373 g/mol. The molecule has 1 amide bonds. The van der Waals surface area contributed by atoms with Gasteiger partial charge in [-0.25, -0.2) is 4.79 Å². The maximum absolute atomic E-state index is 11.7. The molecular formula is C19H40N4O3. The number of nitrogens with zero attached hydrogens (tertiary/aromatic N) is 1. The van der Waals surface area contributed by atoms with Crippen LogP contribution < -0.4 is 16.0 Å². The van der Waals surface area contributed by atoms with Gasteiger partial charge in [-0.1, -0.05) is 27.2 Å². The van der Waals surface area contributed by atoms with Gasteiger partial charge < -0.3 is 25.8 Å². The summed E-state index contributed by atoms with van der Waals surface area (Å²) in [5, 5.41) is 18.7. The summed E-state index contributed by atoms with van der Waals surface area (Å²) in [6, 6.07) is -0.0261. The van der Waals surface area contributed by atoms with Crippen molar-refractivity contribution in [2.45, 2.75) is 66.3 Å². The van der Waals surface area contributed by atoms with Crippen molar-refractivity contribution in [3.05, 3.63) is 0 Å². The molecule has 0 fully saturated rings. The number of carbonyl (C=O) groups excluding carboxylic acids is 1. The lowest BCUT2D eigenvalue weighted by atomic mass is 10.0. The fraction of sp³-hybridized carbons (Fsp3) is 0.895. The molecule has 0 aliphatic carbocycles. The number of aliphatic hydroxyl groups excluding tert-OH is 1. The zero-order valence-electron chi connectivity index (χ0n) is 17.3. The summed E-state index contributed by atoms with van der Waals surface area (Å²) < 4.78 is 4.99. The first-order chi connectivity index (χ1) is 12.5. The molecule has 0 bridgehead atoms. The number of rotatable bonds is 13. The van der Waals surface area contributed by atoms with Crippen molar-refractivity contribution in [3.63, 3.8) is 0 Å². The maximum Gasteiger partial charge on any atom is 0.407 e. The Hall–Kier alpha value is -1.50. The SMILES string of the molecule is CCCC(CCO)CN=C(NCC)NCC(CC(C)C)NC(=O)OCC. The molecule has 0 radical (unpaired) electrons. The third-order valence-electron chi connectivity index (χ3n) is 3.96. The number of nitrogens with one attached hydrogen (secondary N) is 3. The number of ether oxygens (including phenoxy) is 1. The number of carbonyl (C=O) groups is 1. The number of amides is 1. The Balaban J connectivity index is 4.74. The Morgan fingerprint density at radius 2 is 1.88 bits per heavy atom. The Bertz CT molecular complexity index is 383. The quantitative estimate of drug-likeness (QED) is 0.294. The Kier molecular flexibility index (Phi) is 14.8. The normalized spacial score (nSPS) is 14.0. The van der Waals surface area contributed by atoms with Gasteiger partial charge in [0, 0.05) is 32.3 Å². The van der Waals surface area contributed by atoms with Gasteiger partial charge in [-0.15, -0.1) is 0 Å². The molecule has 7 nitrogen and oxygen atoms in total. The molecule has 0 spiro atoms. The molecule has 0 aromatic rings. The van der Waals surface area contributed by atoms with E-state index >= 15 is 0 Å². The van der Waals surface area contributed by atoms with Gasteiger partial charge in [0.05, 0.1) is 6.61 Å². The molecule has 0 saturated heterocycles. The van der Waals surface area contributed by atoms with Gasteiger partial charge >= 0.3 is 6.09 Å². The van der Waals surface area contributed by atoms with Crippen LogP contribution in [0.2, 0.25) is 0 Å². The molecule has 4 N–H and O–H groups in total. The van der Waals surface area contributed by atoms with Crippen LogP contribution in [0.3, 0.4) is 0 Å². The van der Waals surface area contributed by atoms with Crippen LogP contribution in [0.5, 0.6) is 0 Å². The molecule has 0 rings (SSSR count). The molecule has 0 heterocycles. The van der Waals surface area contributed by atoms with Crippen LogP contribution >= 0.6 is 0 Å². The lowest BCUT2D eigenvalue weighted by Crippen LogP contribution is -2.47. The second kappa shape index (κ2) is 15.7. The molecule has 0 aliphatic rings. The molecule has 26 heavy (non-hydrogen) atoms. The van der Waals surface area contributed by atoms with E-state index in [9.17, 15) is 9.90 Å². The zero-order valence-corrected chi connectivity index (χ0v) is 17.3. The van der Waals surface area contributed by atoms with Crippen LogP contribution in [0.1, 0.15) is 60.3 Å². The molecule has 0 saturated carbocycles. The van der Waals surface area contributed by atoms with E-state index in [1.54, 1.807) is 6.92 Å². The summed E-state index contributed by atoms with van der Waals surface area (Å²) in [5.74, 6) is 1.59. The zero-order chi connectivity index (χ0) is 19.8. The standard InChI is InChI=1S/C19H40N4O3/c1-6-9-16(10-11-24)13-21-18(20-7-2)22-14-17(12-15(4)5)23-19(25)26-8-3/h15-17,24H,6-14H2,1-5H3,(H,23,25)(H2,20,21,22). The summed E-state index contributed by atoms with van der Waals surface area (Å²) in [4.78, 5) is 16.4. The van der Waals surface area contributed by atoms with Crippen molar-refractivity contribution in [3.8, 4) is 0 Å². The van der Waals surface area contributed by atoms with Gasteiger partial charge in [0.15, 0.2) is 5.96 Å². The van der Waals surface area contributed by atoms with Crippen molar-refractivity contribution >= 4 is 12.1 Å². The largest absolute Gasteiger partial charge is 0.450 e. The van der Waals surface area contributed by atoms with Gasteiger partial charge in [-0.3, -0.25) is 4.99 Å². The topological polar surface area (TPSA) is 95.0 Å². The molecular weight excluding hydrogens is 332 g/mol. The fourth-order valence-corrected chi connectivity index (χ4v) is 2.80. The predicted octanol–water partition coefficient (Wildman–Crippen LogP) is 2.50. The second-order valence-corrected chi connectivity index (χ2v) is 6.96. The summed E-state index contributed by atoms with van der Waals surface area (Å²) in [7, 11) is 0. The molecule has 2 atom stereocenters. The summed E-state index contributed by atoms with van der Waals surface area (Å²) in [5.41, 5.74) is 0. The van der Waals surface area contributed by atoms with Gasteiger partial charge in [0.1, 0.15) is 0 Å². The van der Waals surface area contributed by atoms with E-state index in [4.69, 9.17) is 4.74 Å². The minimum absolute atomic E-state index is 0.0261. The van der Waals surface area contributed by atoms with E-state index in [2.05, 4.69) is 41.7 Å². The number of aliphatic hydroxyl groups is 1. The predicted molar refractivity (Wildman–Crippen MR) is 107 cm³/mol. The van der Waals surface area contributed by atoms with Crippen molar-refractivity contribution in [1.82, 2.24) is 16.0 Å². The highest BCUT2D eigenvalue weighted by Gasteiger charge is 2.15. The van der Waals surface area contributed by atoms with Crippen molar-refractivity contribution in [2.75, 3.05) is 32.8 Å². The highest BCUT2D eigenvalue weighted by atomic mass is 16.5. The monoisotopic (exact) mass is 372 g/mol. The molecule has 0 aromatic carbocycles. The average Bonchev–Trinajstić information content (AvgIpc) is 2.57. The minimum Gasteiger partial charge on any atom is -0.450 e. The van der Waals surface area contributed by atoms with Gasteiger partial charge in [0.25, 0.3) is 0 Å². The number of hydrogen-bond acceptors (Lipinski definition) is 4. The lowest BCUT2D eigenvalue weighted by Gasteiger charge is -2.22. The van der Waals surface area contributed by atoms with Gasteiger partial charge in [0.2, 0.25) is 0 Å². The number of alkyl carbamates (subject to hydrolysis) is 1. The first-order valence-corrected chi connectivity index (χ1v) is 10.0. The first-order valence-electron chi connectivity index (χ1n) is 10.0. The van der Waals surface area contributed by atoms with E-state index < -0.39 is 0 Å². The summed E-state index contributed by atoms with van der Waals surface area (Å²) >= 11 is 0. The molecule has 0 aliphatic heterocycles.